The van der Waals surface area contributed by atoms with Crippen LogP contribution in [0.1, 0.15) is 12.5 Å². The predicted molar refractivity (Wildman–Crippen MR) is 61.6 cm³/mol. The molecule has 2 N–H and O–H groups in total. The number of hydrogen-bond acceptors (Lipinski definition) is 5. The zero-order valence-electron chi connectivity index (χ0n) is 8.98. The van der Waals surface area contributed by atoms with Crippen LogP contribution in [0.4, 0.5) is 5.82 Å². The first-order chi connectivity index (χ1) is 8.29. The minimum Gasteiger partial charge on any atom is -0.382 e. The standard InChI is InChI=1S/C11H10N6/c12-4-7-1-2-8(3-7)17-6-16-9-10(13)14-5-15-11(9)17/h1-2,5-8H,3H2,(H2,13,14,15)/t7-,8?/m1/s1. The maximum absolute atomic E-state index is 8.87. The van der Waals surface area contributed by atoms with Gasteiger partial charge in [0.05, 0.1) is 24.4 Å². The highest BCUT2D eigenvalue weighted by Gasteiger charge is 2.22. The summed E-state index contributed by atoms with van der Waals surface area (Å²) in [7, 11) is 0. The van der Waals surface area contributed by atoms with E-state index in [0.29, 0.717) is 17.0 Å². The van der Waals surface area contributed by atoms with Gasteiger partial charge in [-0.15, -0.1) is 0 Å². The van der Waals surface area contributed by atoms with Crippen LogP contribution in [0, 0.1) is 17.2 Å². The zero-order valence-corrected chi connectivity index (χ0v) is 8.98. The lowest BCUT2D eigenvalue weighted by molar-refractivity contribution is 0.564. The maximum atomic E-state index is 8.87. The number of fused-ring (bicyclic) bond motifs is 1. The molecule has 84 valence electrons. The van der Waals surface area contributed by atoms with Crippen molar-refractivity contribution in [1.82, 2.24) is 19.5 Å². The monoisotopic (exact) mass is 226 g/mol. The molecule has 2 atom stereocenters. The number of nitrogens with two attached hydrogens (primary N) is 1. The Hall–Kier alpha value is -2.42. The van der Waals surface area contributed by atoms with Crippen LogP contribution in [0.5, 0.6) is 0 Å². The van der Waals surface area contributed by atoms with Gasteiger partial charge in [0.1, 0.15) is 11.8 Å². The average Bonchev–Trinajstić information content (AvgIpc) is 2.94. The first-order valence-electron chi connectivity index (χ1n) is 5.30. The minimum atomic E-state index is -0.0309. The summed E-state index contributed by atoms with van der Waals surface area (Å²) in [4.78, 5) is 12.3. The lowest BCUT2D eigenvalue weighted by atomic mass is 10.1. The minimum absolute atomic E-state index is 0.0309. The Morgan fingerprint density at radius 3 is 3.00 bits per heavy atom. The van der Waals surface area contributed by atoms with Crippen LogP contribution in [-0.4, -0.2) is 19.5 Å². The van der Waals surface area contributed by atoms with Crippen LogP contribution in [0.15, 0.2) is 24.8 Å². The van der Waals surface area contributed by atoms with Crippen LogP contribution in [0.25, 0.3) is 11.2 Å². The molecule has 1 aliphatic carbocycles. The molecule has 17 heavy (non-hydrogen) atoms. The molecule has 0 aromatic carbocycles. The number of anilines is 1. The number of allylic oxidation sites excluding steroid dienone is 2. The van der Waals surface area contributed by atoms with Gasteiger partial charge < -0.3 is 10.3 Å². The fourth-order valence-electron chi connectivity index (χ4n) is 2.09. The van der Waals surface area contributed by atoms with Crippen molar-refractivity contribution in [3.8, 4) is 6.07 Å². The van der Waals surface area contributed by atoms with E-state index < -0.39 is 0 Å². The number of nitrogen functional groups attached to an aromatic ring is 1. The summed E-state index contributed by atoms with van der Waals surface area (Å²) in [6, 6.07) is 2.36. The van der Waals surface area contributed by atoms with E-state index in [0.717, 1.165) is 6.42 Å². The largest absolute Gasteiger partial charge is 0.382 e. The number of nitriles is 1. The lowest BCUT2D eigenvalue weighted by Crippen LogP contribution is -2.05. The van der Waals surface area contributed by atoms with E-state index in [-0.39, 0.29) is 12.0 Å². The smallest absolute Gasteiger partial charge is 0.165 e. The van der Waals surface area contributed by atoms with Crippen molar-refractivity contribution in [3.05, 3.63) is 24.8 Å². The lowest BCUT2D eigenvalue weighted by Gasteiger charge is -2.10. The van der Waals surface area contributed by atoms with E-state index in [1.54, 1.807) is 6.33 Å². The van der Waals surface area contributed by atoms with E-state index in [2.05, 4.69) is 21.0 Å². The SMILES string of the molecule is N#C[C@@H]1C=CC(n2cnc3c(N)ncnc32)C1. The van der Waals surface area contributed by atoms with Crippen LogP contribution < -0.4 is 5.73 Å². The van der Waals surface area contributed by atoms with Crippen molar-refractivity contribution >= 4 is 17.0 Å². The molecule has 0 saturated carbocycles. The van der Waals surface area contributed by atoms with Gasteiger partial charge in [-0.2, -0.15) is 5.26 Å². The van der Waals surface area contributed by atoms with E-state index in [4.69, 9.17) is 11.0 Å². The van der Waals surface area contributed by atoms with Crippen molar-refractivity contribution < 1.29 is 0 Å². The molecule has 6 heteroatoms. The Morgan fingerprint density at radius 1 is 1.35 bits per heavy atom. The summed E-state index contributed by atoms with van der Waals surface area (Å²) in [5.41, 5.74) is 7.05. The Bertz CT molecular complexity index is 635. The summed E-state index contributed by atoms with van der Waals surface area (Å²) in [6.45, 7) is 0. The fraction of sp³-hybridized carbons (Fsp3) is 0.273. The number of imidazole rings is 1. The highest BCUT2D eigenvalue weighted by Crippen LogP contribution is 2.29. The molecule has 0 aliphatic heterocycles. The van der Waals surface area contributed by atoms with E-state index >= 15 is 0 Å². The van der Waals surface area contributed by atoms with Gasteiger partial charge in [-0.05, 0) is 6.42 Å². The molecule has 1 aliphatic rings. The van der Waals surface area contributed by atoms with Crippen LogP contribution >= 0.6 is 0 Å². The highest BCUT2D eigenvalue weighted by molar-refractivity contribution is 5.81. The van der Waals surface area contributed by atoms with Gasteiger partial charge in [-0.3, -0.25) is 0 Å². The van der Waals surface area contributed by atoms with Gasteiger partial charge in [-0.1, -0.05) is 12.2 Å². The van der Waals surface area contributed by atoms with E-state index in [1.165, 1.54) is 6.33 Å². The number of aromatic nitrogens is 4. The summed E-state index contributed by atoms with van der Waals surface area (Å²) in [5.74, 6) is 0.351. The van der Waals surface area contributed by atoms with Crippen molar-refractivity contribution in [1.29, 1.82) is 5.26 Å². The molecular formula is C11H10N6. The molecule has 0 fully saturated rings. The fourth-order valence-corrected chi connectivity index (χ4v) is 2.09. The van der Waals surface area contributed by atoms with Crippen molar-refractivity contribution in [2.75, 3.05) is 5.73 Å². The maximum Gasteiger partial charge on any atom is 0.165 e. The Kier molecular flexibility index (Phi) is 2.05. The molecule has 3 rings (SSSR count). The summed E-state index contributed by atoms with van der Waals surface area (Å²) in [5, 5.41) is 8.87. The second kappa shape index (κ2) is 3.56. The Labute approximate surface area is 97.4 Å². The van der Waals surface area contributed by atoms with Gasteiger partial charge in [-0.25, -0.2) is 15.0 Å². The predicted octanol–water partition coefficient (Wildman–Crippen LogP) is 1.05. The Morgan fingerprint density at radius 2 is 2.24 bits per heavy atom. The number of rotatable bonds is 1. The molecule has 0 spiro atoms. The van der Waals surface area contributed by atoms with Gasteiger partial charge in [0, 0.05) is 0 Å². The van der Waals surface area contributed by atoms with Gasteiger partial charge in [0.2, 0.25) is 0 Å². The highest BCUT2D eigenvalue weighted by atomic mass is 15.1. The summed E-state index contributed by atoms with van der Waals surface area (Å²) >= 11 is 0. The molecule has 2 heterocycles. The zero-order chi connectivity index (χ0) is 11.8. The average molecular weight is 226 g/mol. The molecule has 2 aromatic heterocycles. The topological polar surface area (TPSA) is 93.4 Å². The molecule has 0 amide bonds. The normalized spacial score (nSPS) is 23.0. The second-order valence-electron chi connectivity index (χ2n) is 4.01. The van der Waals surface area contributed by atoms with Crippen LogP contribution in [-0.2, 0) is 0 Å². The van der Waals surface area contributed by atoms with Crippen LogP contribution in [0.3, 0.4) is 0 Å². The van der Waals surface area contributed by atoms with E-state index in [9.17, 15) is 0 Å². The second-order valence-corrected chi connectivity index (χ2v) is 4.01. The quantitative estimate of drug-likeness (QED) is 0.733. The molecule has 0 saturated heterocycles. The summed E-state index contributed by atoms with van der Waals surface area (Å²) < 4.78 is 1.93. The van der Waals surface area contributed by atoms with Gasteiger partial charge >= 0.3 is 0 Å². The van der Waals surface area contributed by atoms with Gasteiger partial charge in [0.15, 0.2) is 11.5 Å². The molecule has 0 radical (unpaired) electrons. The Balaban J connectivity index is 2.06. The molecular weight excluding hydrogens is 216 g/mol. The summed E-state index contributed by atoms with van der Waals surface area (Å²) in [6.07, 6.45) is 7.81. The third-order valence-electron chi connectivity index (χ3n) is 2.97. The molecule has 0 bridgehead atoms. The van der Waals surface area contributed by atoms with Crippen molar-refractivity contribution in [2.45, 2.75) is 12.5 Å². The third kappa shape index (κ3) is 1.44. The van der Waals surface area contributed by atoms with Crippen molar-refractivity contribution in [2.24, 2.45) is 5.92 Å². The molecule has 6 nitrogen and oxygen atoms in total. The van der Waals surface area contributed by atoms with E-state index in [1.807, 2.05) is 16.7 Å². The first kappa shape index (κ1) is 9.78. The number of hydrogen-bond donors (Lipinski definition) is 1. The van der Waals surface area contributed by atoms with Crippen LogP contribution in [0.2, 0.25) is 0 Å². The molecule has 2 aromatic rings. The first-order valence-corrected chi connectivity index (χ1v) is 5.30. The number of nitrogens with zero attached hydrogens (tertiary/aromatic N) is 5. The van der Waals surface area contributed by atoms with Crippen molar-refractivity contribution in [3.63, 3.8) is 0 Å². The van der Waals surface area contributed by atoms with Gasteiger partial charge in [0.25, 0.3) is 0 Å². The third-order valence-corrected chi connectivity index (χ3v) is 2.97. The molecule has 1 unspecified atom stereocenters.